The summed E-state index contributed by atoms with van der Waals surface area (Å²) < 4.78 is 13.4. The van der Waals surface area contributed by atoms with Crippen molar-refractivity contribution in [1.82, 2.24) is 15.0 Å². The SMILES string of the molecule is Cc1[nH]c2ccc(F)cc2c1-c1cnc(CN)[nH]1. The van der Waals surface area contributed by atoms with Gasteiger partial charge in [-0.2, -0.15) is 0 Å². The predicted molar refractivity (Wildman–Crippen MR) is 68.5 cm³/mol. The minimum absolute atomic E-state index is 0.249. The van der Waals surface area contributed by atoms with Gasteiger partial charge in [0.15, 0.2) is 0 Å². The number of nitrogens with one attached hydrogen (secondary N) is 2. The molecule has 0 bridgehead atoms. The Labute approximate surface area is 103 Å². The molecule has 92 valence electrons. The maximum atomic E-state index is 13.4. The van der Waals surface area contributed by atoms with Crippen LogP contribution >= 0.6 is 0 Å². The van der Waals surface area contributed by atoms with Crippen LogP contribution in [0.15, 0.2) is 24.4 Å². The number of rotatable bonds is 2. The number of H-pyrrole nitrogens is 2. The summed E-state index contributed by atoms with van der Waals surface area (Å²) in [6.45, 7) is 2.31. The highest BCUT2D eigenvalue weighted by Gasteiger charge is 2.13. The van der Waals surface area contributed by atoms with Crippen molar-refractivity contribution in [3.05, 3.63) is 41.7 Å². The van der Waals surface area contributed by atoms with E-state index >= 15 is 0 Å². The summed E-state index contributed by atoms with van der Waals surface area (Å²) >= 11 is 0. The lowest BCUT2D eigenvalue weighted by Gasteiger charge is -1.98. The van der Waals surface area contributed by atoms with Gasteiger partial charge in [0.05, 0.1) is 18.4 Å². The Morgan fingerprint density at radius 2 is 2.17 bits per heavy atom. The molecule has 0 fully saturated rings. The highest BCUT2D eigenvalue weighted by molar-refractivity contribution is 5.96. The van der Waals surface area contributed by atoms with Gasteiger partial charge in [0.25, 0.3) is 0 Å². The molecule has 0 aliphatic rings. The zero-order chi connectivity index (χ0) is 12.7. The first-order valence-corrected chi connectivity index (χ1v) is 5.71. The van der Waals surface area contributed by atoms with Gasteiger partial charge in [-0.25, -0.2) is 9.37 Å². The van der Waals surface area contributed by atoms with Crippen LogP contribution in [0.4, 0.5) is 4.39 Å². The van der Waals surface area contributed by atoms with Crippen LogP contribution in [0, 0.1) is 12.7 Å². The van der Waals surface area contributed by atoms with Crippen molar-refractivity contribution in [3.63, 3.8) is 0 Å². The summed E-state index contributed by atoms with van der Waals surface area (Å²) in [4.78, 5) is 10.5. The number of benzene rings is 1. The molecule has 0 aliphatic carbocycles. The molecule has 0 aliphatic heterocycles. The predicted octanol–water partition coefficient (Wildman–Crippen LogP) is 2.46. The van der Waals surface area contributed by atoms with Gasteiger partial charge in [-0.15, -0.1) is 0 Å². The number of aromatic amines is 2. The first kappa shape index (κ1) is 11.0. The summed E-state index contributed by atoms with van der Waals surface area (Å²) in [6, 6.07) is 4.71. The third-order valence-electron chi connectivity index (χ3n) is 3.04. The zero-order valence-corrected chi connectivity index (χ0v) is 9.92. The highest BCUT2D eigenvalue weighted by atomic mass is 19.1. The van der Waals surface area contributed by atoms with Crippen molar-refractivity contribution in [2.45, 2.75) is 13.5 Å². The second kappa shape index (κ2) is 3.96. The normalized spacial score (nSPS) is 11.3. The number of hydrogen-bond donors (Lipinski definition) is 3. The molecular weight excluding hydrogens is 231 g/mol. The van der Waals surface area contributed by atoms with Crippen LogP contribution in [-0.2, 0) is 6.54 Å². The Balaban J connectivity index is 2.26. The van der Waals surface area contributed by atoms with Crippen molar-refractivity contribution in [1.29, 1.82) is 0 Å². The molecule has 18 heavy (non-hydrogen) atoms. The first-order chi connectivity index (χ1) is 8.69. The number of nitrogens with two attached hydrogens (primary N) is 1. The van der Waals surface area contributed by atoms with Gasteiger partial charge >= 0.3 is 0 Å². The lowest BCUT2D eigenvalue weighted by Crippen LogP contribution is -1.97. The Hall–Kier alpha value is -2.14. The maximum absolute atomic E-state index is 13.4. The van der Waals surface area contributed by atoms with E-state index in [-0.39, 0.29) is 5.82 Å². The van der Waals surface area contributed by atoms with E-state index in [1.165, 1.54) is 12.1 Å². The Bertz CT molecular complexity index is 711. The third kappa shape index (κ3) is 1.60. The Morgan fingerprint density at radius 3 is 2.89 bits per heavy atom. The first-order valence-electron chi connectivity index (χ1n) is 5.71. The van der Waals surface area contributed by atoms with Gasteiger partial charge < -0.3 is 15.7 Å². The fourth-order valence-corrected chi connectivity index (χ4v) is 2.24. The fourth-order valence-electron chi connectivity index (χ4n) is 2.24. The largest absolute Gasteiger partial charge is 0.358 e. The number of nitrogens with zero attached hydrogens (tertiary/aromatic N) is 1. The van der Waals surface area contributed by atoms with Crippen LogP contribution in [0.2, 0.25) is 0 Å². The molecule has 1 aromatic carbocycles. The van der Waals surface area contributed by atoms with Gasteiger partial charge in [-0.1, -0.05) is 0 Å². The van der Waals surface area contributed by atoms with E-state index in [2.05, 4.69) is 15.0 Å². The molecule has 3 rings (SSSR count). The molecule has 2 heterocycles. The summed E-state index contributed by atoms with van der Waals surface area (Å²) in [5, 5.41) is 0.847. The van der Waals surface area contributed by atoms with Gasteiger partial charge in [0.1, 0.15) is 11.6 Å². The number of halogens is 1. The number of aryl methyl sites for hydroxylation is 1. The van der Waals surface area contributed by atoms with E-state index < -0.39 is 0 Å². The van der Waals surface area contributed by atoms with Crippen molar-refractivity contribution >= 4 is 10.9 Å². The van der Waals surface area contributed by atoms with Crippen molar-refractivity contribution in [2.24, 2.45) is 5.73 Å². The molecule has 0 saturated carbocycles. The van der Waals surface area contributed by atoms with Crippen molar-refractivity contribution in [3.8, 4) is 11.3 Å². The van der Waals surface area contributed by atoms with Crippen LogP contribution in [0.1, 0.15) is 11.5 Å². The molecule has 0 amide bonds. The summed E-state index contributed by atoms with van der Waals surface area (Å²) in [5.74, 6) is 0.469. The van der Waals surface area contributed by atoms with Crippen LogP contribution in [0.25, 0.3) is 22.2 Å². The molecule has 0 radical (unpaired) electrons. The molecular formula is C13H13FN4. The monoisotopic (exact) mass is 244 g/mol. The van der Waals surface area contributed by atoms with Crippen LogP contribution in [0.5, 0.6) is 0 Å². The van der Waals surface area contributed by atoms with E-state index in [0.29, 0.717) is 6.54 Å². The van der Waals surface area contributed by atoms with E-state index in [1.54, 1.807) is 12.3 Å². The van der Waals surface area contributed by atoms with Gasteiger partial charge in [-0.3, -0.25) is 0 Å². The summed E-state index contributed by atoms with van der Waals surface area (Å²) in [7, 11) is 0. The van der Waals surface area contributed by atoms with Crippen LogP contribution < -0.4 is 5.73 Å². The maximum Gasteiger partial charge on any atom is 0.123 e. The van der Waals surface area contributed by atoms with Gasteiger partial charge in [0.2, 0.25) is 0 Å². The number of aromatic nitrogens is 3. The fraction of sp³-hybridized carbons (Fsp3) is 0.154. The van der Waals surface area contributed by atoms with E-state index in [1.807, 2.05) is 6.92 Å². The van der Waals surface area contributed by atoms with Crippen LogP contribution in [0.3, 0.4) is 0 Å². The van der Waals surface area contributed by atoms with E-state index in [0.717, 1.165) is 33.7 Å². The molecule has 5 heteroatoms. The quantitative estimate of drug-likeness (QED) is 0.648. The highest BCUT2D eigenvalue weighted by Crippen LogP contribution is 2.31. The topological polar surface area (TPSA) is 70.5 Å². The summed E-state index contributed by atoms with van der Waals surface area (Å²) in [6.07, 6.45) is 1.72. The number of hydrogen-bond acceptors (Lipinski definition) is 2. The third-order valence-corrected chi connectivity index (χ3v) is 3.04. The zero-order valence-electron chi connectivity index (χ0n) is 9.92. The van der Waals surface area contributed by atoms with Crippen LogP contribution in [-0.4, -0.2) is 15.0 Å². The molecule has 0 unspecified atom stereocenters. The smallest absolute Gasteiger partial charge is 0.123 e. The number of fused-ring (bicyclic) bond motifs is 1. The second-order valence-electron chi connectivity index (χ2n) is 4.26. The van der Waals surface area contributed by atoms with Crippen molar-refractivity contribution < 1.29 is 4.39 Å². The average molecular weight is 244 g/mol. The molecule has 3 aromatic rings. The Morgan fingerprint density at radius 1 is 1.33 bits per heavy atom. The molecule has 4 N–H and O–H groups in total. The number of imidazole rings is 1. The van der Waals surface area contributed by atoms with E-state index in [4.69, 9.17) is 5.73 Å². The minimum atomic E-state index is -0.249. The average Bonchev–Trinajstić information content (AvgIpc) is 2.92. The van der Waals surface area contributed by atoms with Crippen molar-refractivity contribution in [2.75, 3.05) is 0 Å². The second-order valence-corrected chi connectivity index (χ2v) is 4.26. The minimum Gasteiger partial charge on any atom is -0.358 e. The lowest BCUT2D eigenvalue weighted by atomic mass is 10.1. The standard InChI is InChI=1S/C13H13FN4/c1-7-13(11-6-16-12(5-15)18-11)9-4-8(14)2-3-10(9)17-7/h2-4,6,17H,5,15H2,1H3,(H,16,18). The molecule has 0 saturated heterocycles. The van der Waals surface area contributed by atoms with Gasteiger partial charge in [-0.05, 0) is 25.1 Å². The molecule has 4 nitrogen and oxygen atoms in total. The Kier molecular flexibility index (Phi) is 2.41. The van der Waals surface area contributed by atoms with Gasteiger partial charge in [0, 0.05) is 22.2 Å². The lowest BCUT2D eigenvalue weighted by molar-refractivity contribution is 0.630. The van der Waals surface area contributed by atoms with E-state index in [9.17, 15) is 4.39 Å². The molecule has 0 spiro atoms. The molecule has 0 atom stereocenters. The molecule has 2 aromatic heterocycles. The summed E-state index contributed by atoms with van der Waals surface area (Å²) in [5.41, 5.74) is 9.21.